The van der Waals surface area contributed by atoms with E-state index in [0.29, 0.717) is 0 Å². The summed E-state index contributed by atoms with van der Waals surface area (Å²) in [6.45, 7) is 4.90. The third kappa shape index (κ3) is 3.61. The molecule has 2 aromatic heterocycles. The Balaban J connectivity index is 2.15. The molecule has 0 radical (unpaired) electrons. The molecule has 0 unspecified atom stereocenters. The maximum Gasteiger partial charge on any atom is 0.326 e. The third-order valence-corrected chi connectivity index (χ3v) is 5.68. The number of hydrogen-bond donors (Lipinski definition) is 0. The van der Waals surface area contributed by atoms with Gasteiger partial charge in [-0.2, -0.15) is 9.50 Å². The number of benzene rings is 1. The lowest BCUT2D eigenvalue weighted by molar-refractivity contribution is -0.138. The second-order valence-corrected chi connectivity index (χ2v) is 7.93. The molecule has 142 valence electrons. The van der Waals surface area contributed by atoms with Gasteiger partial charge in [0.05, 0.1) is 12.0 Å². The Labute approximate surface area is 156 Å². The van der Waals surface area contributed by atoms with Gasteiger partial charge in [-0.05, 0) is 39.0 Å². The van der Waals surface area contributed by atoms with Gasteiger partial charge in [0, 0.05) is 11.4 Å². The van der Waals surface area contributed by atoms with Crippen molar-refractivity contribution >= 4 is 27.7 Å². The molecule has 1 aromatic carbocycles. The first kappa shape index (κ1) is 18.8. The van der Waals surface area contributed by atoms with E-state index >= 15 is 0 Å². The number of anilines is 1. The molecule has 0 aliphatic heterocycles. The summed E-state index contributed by atoms with van der Waals surface area (Å²) in [5.74, 6) is -0.635. The Bertz CT molecular complexity index is 1110. The molecule has 0 aliphatic carbocycles. The second kappa shape index (κ2) is 6.95. The van der Waals surface area contributed by atoms with Crippen LogP contribution >= 0.6 is 0 Å². The number of carbonyl (C=O) groups is 1. The van der Waals surface area contributed by atoms with Crippen LogP contribution in [0.15, 0.2) is 35.2 Å². The number of esters is 1. The standard InChI is InChI=1S/C17H19N5O4S/c1-11-5-7-14(8-6-11)27(24,25)21(10-15(23)26-4)17-19-16-18-12(2)9-13(3)22(16)20-17/h5-9H,10H2,1-4H3. The van der Waals surface area contributed by atoms with Crippen LogP contribution in [0, 0.1) is 20.8 Å². The van der Waals surface area contributed by atoms with E-state index < -0.39 is 22.5 Å². The van der Waals surface area contributed by atoms with Gasteiger partial charge in [0.15, 0.2) is 0 Å². The van der Waals surface area contributed by atoms with E-state index in [4.69, 9.17) is 0 Å². The topological polar surface area (TPSA) is 107 Å². The van der Waals surface area contributed by atoms with Crippen LogP contribution in [0.5, 0.6) is 0 Å². The number of hydrogen-bond acceptors (Lipinski definition) is 7. The van der Waals surface area contributed by atoms with Crippen molar-refractivity contribution < 1.29 is 17.9 Å². The molecule has 0 amide bonds. The molecule has 0 aliphatic rings. The molecule has 9 nitrogen and oxygen atoms in total. The fourth-order valence-corrected chi connectivity index (χ4v) is 3.85. The average molecular weight is 389 g/mol. The van der Waals surface area contributed by atoms with Crippen molar-refractivity contribution in [2.24, 2.45) is 0 Å². The van der Waals surface area contributed by atoms with E-state index in [1.54, 1.807) is 32.0 Å². The maximum atomic E-state index is 13.1. The summed E-state index contributed by atoms with van der Waals surface area (Å²) in [4.78, 5) is 20.4. The molecular formula is C17H19N5O4S. The first-order valence-electron chi connectivity index (χ1n) is 8.09. The summed E-state index contributed by atoms with van der Waals surface area (Å²) < 4.78 is 33.2. The van der Waals surface area contributed by atoms with Gasteiger partial charge >= 0.3 is 5.97 Å². The molecule has 0 atom stereocenters. The van der Waals surface area contributed by atoms with Crippen LogP contribution in [0.25, 0.3) is 5.78 Å². The number of aryl methyl sites for hydroxylation is 3. The number of rotatable bonds is 5. The van der Waals surface area contributed by atoms with Crippen LogP contribution in [0.2, 0.25) is 0 Å². The second-order valence-electron chi connectivity index (χ2n) is 6.06. The van der Waals surface area contributed by atoms with Gasteiger partial charge < -0.3 is 4.74 Å². The minimum absolute atomic E-state index is 0.0247. The molecule has 3 rings (SSSR count). The molecule has 2 heterocycles. The number of aromatic nitrogens is 4. The van der Waals surface area contributed by atoms with E-state index in [2.05, 4.69) is 19.8 Å². The quantitative estimate of drug-likeness (QED) is 0.607. The Morgan fingerprint density at radius 1 is 1.15 bits per heavy atom. The minimum atomic E-state index is -4.08. The molecule has 10 heteroatoms. The van der Waals surface area contributed by atoms with Crippen LogP contribution in [-0.4, -0.2) is 47.6 Å². The Morgan fingerprint density at radius 3 is 2.44 bits per heavy atom. The highest BCUT2D eigenvalue weighted by Crippen LogP contribution is 2.22. The number of carbonyl (C=O) groups excluding carboxylic acids is 1. The number of fused-ring (bicyclic) bond motifs is 1. The number of methoxy groups -OCH3 is 1. The summed E-state index contributed by atoms with van der Waals surface area (Å²) in [6, 6.07) is 8.09. The van der Waals surface area contributed by atoms with Crippen molar-refractivity contribution in [1.29, 1.82) is 0 Å². The first-order chi connectivity index (χ1) is 12.7. The highest BCUT2D eigenvalue weighted by Gasteiger charge is 2.31. The predicted octanol–water partition coefficient (Wildman–Crippen LogP) is 1.42. The number of ether oxygens (including phenoxy) is 1. The summed E-state index contributed by atoms with van der Waals surface area (Å²) in [5, 5.41) is 4.23. The van der Waals surface area contributed by atoms with Gasteiger partial charge in [-0.15, -0.1) is 5.10 Å². The van der Waals surface area contributed by atoms with Crippen molar-refractivity contribution in [2.45, 2.75) is 25.7 Å². The van der Waals surface area contributed by atoms with Crippen LogP contribution in [0.3, 0.4) is 0 Å². The molecule has 0 spiro atoms. The van der Waals surface area contributed by atoms with Crippen LogP contribution in [0.4, 0.5) is 5.95 Å². The zero-order chi connectivity index (χ0) is 19.8. The molecule has 3 aromatic rings. The van der Waals surface area contributed by atoms with E-state index in [0.717, 1.165) is 21.3 Å². The van der Waals surface area contributed by atoms with Crippen molar-refractivity contribution in [3.8, 4) is 0 Å². The van der Waals surface area contributed by atoms with E-state index in [1.165, 1.54) is 23.8 Å². The summed E-state index contributed by atoms with van der Waals surface area (Å²) in [6.07, 6.45) is 0. The highest BCUT2D eigenvalue weighted by atomic mass is 32.2. The van der Waals surface area contributed by atoms with E-state index in [1.807, 2.05) is 6.92 Å². The lowest BCUT2D eigenvalue weighted by Crippen LogP contribution is -2.37. The van der Waals surface area contributed by atoms with Gasteiger partial charge in [-0.25, -0.2) is 17.7 Å². The summed E-state index contributed by atoms with van der Waals surface area (Å²) >= 11 is 0. The summed E-state index contributed by atoms with van der Waals surface area (Å²) in [5.41, 5.74) is 2.37. The van der Waals surface area contributed by atoms with Gasteiger partial charge in [0.2, 0.25) is 0 Å². The zero-order valence-corrected chi connectivity index (χ0v) is 16.2. The van der Waals surface area contributed by atoms with Crippen LogP contribution in [-0.2, 0) is 19.6 Å². The fraction of sp³-hybridized carbons (Fsp3) is 0.294. The zero-order valence-electron chi connectivity index (χ0n) is 15.4. The Hall–Kier alpha value is -3.01. The van der Waals surface area contributed by atoms with Crippen molar-refractivity contribution in [2.75, 3.05) is 18.0 Å². The largest absolute Gasteiger partial charge is 0.468 e. The van der Waals surface area contributed by atoms with Gasteiger partial charge in [-0.3, -0.25) is 4.79 Å². The number of sulfonamides is 1. The fourth-order valence-electron chi connectivity index (χ4n) is 2.54. The van der Waals surface area contributed by atoms with Gasteiger partial charge in [0.25, 0.3) is 21.7 Å². The first-order valence-corrected chi connectivity index (χ1v) is 9.53. The van der Waals surface area contributed by atoms with Crippen LogP contribution < -0.4 is 4.31 Å². The summed E-state index contributed by atoms with van der Waals surface area (Å²) in [7, 11) is -2.89. The molecule has 0 saturated heterocycles. The molecule has 0 N–H and O–H groups in total. The molecular weight excluding hydrogens is 370 g/mol. The van der Waals surface area contributed by atoms with E-state index in [9.17, 15) is 13.2 Å². The number of nitrogens with zero attached hydrogens (tertiary/aromatic N) is 5. The highest BCUT2D eigenvalue weighted by molar-refractivity contribution is 7.92. The Kier molecular flexibility index (Phi) is 4.83. The van der Waals surface area contributed by atoms with Gasteiger partial charge in [-0.1, -0.05) is 17.7 Å². The average Bonchev–Trinajstić information content (AvgIpc) is 3.03. The SMILES string of the molecule is COC(=O)CN(c1nc2nc(C)cc(C)n2n1)S(=O)(=O)c1ccc(C)cc1. The molecule has 27 heavy (non-hydrogen) atoms. The minimum Gasteiger partial charge on any atom is -0.468 e. The predicted molar refractivity (Wildman–Crippen MR) is 98.0 cm³/mol. The lowest BCUT2D eigenvalue weighted by Gasteiger charge is -2.19. The Morgan fingerprint density at radius 2 is 1.81 bits per heavy atom. The van der Waals surface area contributed by atoms with Crippen molar-refractivity contribution in [3.63, 3.8) is 0 Å². The monoisotopic (exact) mass is 389 g/mol. The van der Waals surface area contributed by atoms with Crippen LogP contribution in [0.1, 0.15) is 17.0 Å². The maximum absolute atomic E-state index is 13.1. The van der Waals surface area contributed by atoms with E-state index in [-0.39, 0.29) is 16.6 Å². The molecule has 0 bridgehead atoms. The molecule has 0 saturated carbocycles. The molecule has 0 fully saturated rings. The van der Waals surface area contributed by atoms with Gasteiger partial charge in [0.1, 0.15) is 6.54 Å². The third-order valence-electron chi connectivity index (χ3n) is 3.94. The van der Waals surface area contributed by atoms with Crippen molar-refractivity contribution in [3.05, 3.63) is 47.3 Å². The smallest absolute Gasteiger partial charge is 0.326 e. The van der Waals surface area contributed by atoms with Crippen molar-refractivity contribution in [1.82, 2.24) is 19.6 Å². The normalized spacial score (nSPS) is 11.6. The lowest BCUT2D eigenvalue weighted by atomic mass is 10.2.